The van der Waals surface area contributed by atoms with Gasteiger partial charge in [0.05, 0.1) is 6.10 Å². The molecule has 0 heterocycles. The van der Waals surface area contributed by atoms with Crippen LogP contribution in [0.3, 0.4) is 0 Å². The summed E-state index contributed by atoms with van der Waals surface area (Å²) in [4.78, 5) is 11.6. The molecule has 1 aromatic rings. The lowest BCUT2D eigenvalue weighted by Crippen LogP contribution is -2.13. The molecule has 4 heteroatoms. The number of Topliss-reactive ketones (excluding diaryl/α,β-unsaturated/α-hetero) is 1. The van der Waals surface area contributed by atoms with Crippen molar-refractivity contribution in [1.29, 1.82) is 0 Å². The predicted molar refractivity (Wildman–Crippen MR) is 61.6 cm³/mol. The third kappa shape index (κ3) is 4.00. The summed E-state index contributed by atoms with van der Waals surface area (Å²) in [6, 6.07) is 6.90. The Balaban J connectivity index is 2.67. The first-order valence-corrected chi connectivity index (χ1v) is 5.27. The normalized spacial score (nSPS) is 12.2. The van der Waals surface area contributed by atoms with Crippen LogP contribution in [0.1, 0.15) is 23.7 Å². The van der Waals surface area contributed by atoms with E-state index < -0.39 is 6.10 Å². The lowest BCUT2D eigenvalue weighted by atomic mass is 10.1. The fraction of sp³-hybridized carbons (Fsp3) is 0.417. The highest BCUT2D eigenvalue weighted by molar-refractivity contribution is 5.96. The average molecular weight is 223 g/mol. The van der Waals surface area contributed by atoms with E-state index in [1.807, 2.05) is 0 Å². The number of aliphatic hydroxyl groups is 1. The zero-order valence-electron chi connectivity index (χ0n) is 9.35. The topological polar surface area (TPSA) is 72.5 Å². The van der Waals surface area contributed by atoms with E-state index in [0.29, 0.717) is 24.3 Å². The molecule has 0 saturated carbocycles. The first-order valence-electron chi connectivity index (χ1n) is 5.27. The minimum absolute atomic E-state index is 0.00463. The molecule has 1 rings (SSSR count). The van der Waals surface area contributed by atoms with E-state index in [1.165, 1.54) is 0 Å². The van der Waals surface area contributed by atoms with Gasteiger partial charge in [-0.25, -0.2) is 0 Å². The standard InChI is InChI=1S/C12H17NO3/c1-9(14)8-16-11-4-2-3-10(7-11)12(15)5-6-13/h2-4,7,9,14H,5-6,8,13H2,1H3. The van der Waals surface area contributed by atoms with Crippen LogP contribution in [0.2, 0.25) is 0 Å². The molecule has 1 aromatic carbocycles. The largest absolute Gasteiger partial charge is 0.491 e. The van der Waals surface area contributed by atoms with E-state index in [1.54, 1.807) is 31.2 Å². The minimum atomic E-state index is -0.525. The van der Waals surface area contributed by atoms with E-state index in [4.69, 9.17) is 15.6 Å². The number of hydrogen-bond acceptors (Lipinski definition) is 4. The molecular weight excluding hydrogens is 206 g/mol. The molecule has 0 aliphatic heterocycles. The summed E-state index contributed by atoms with van der Waals surface area (Å²) in [7, 11) is 0. The maximum Gasteiger partial charge on any atom is 0.164 e. The molecule has 0 bridgehead atoms. The van der Waals surface area contributed by atoms with Crippen molar-refractivity contribution in [2.45, 2.75) is 19.4 Å². The van der Waals surface area contributed by atoms with E-state index in [9.17, 15) is 4.79 Å². The van der Waals surface area contributed by atoms with Crippen LogP contribution in [0.15, 0.2) is 24.3 Å². The first kappa shape index (κ1) is 12.7. The van der Waals surface area contributed by atoms with Crippen LogP contribution < -0.4 is 10.5 Å². The van der Waals surface area contributed by atoms with Crippen LogP contribution in [-0.2, 0) is 0 Å². The highest BCUT2D eigenvalue weighted by Gasteiger charge is 2.06. The van der Waals surface area contributed by atoms with E-state index in [2.05, 4.69) is 0 Å². The number of carbonyl (C=O) groups excluding carboxylic acids is 1. The van der Waals surface area contributed by atoms with E-state index >= 15 is 0 Å². The van der Waals surface area contributed by atoms with Crippen LogP contribution in [0.25, 0.3) is 0 Å². The summed E-state index contributed by atoms with van der Waals surface area (Å²) in [5, 5.41) is 9.07. The Labute approximate surface area is 95.0 Å². The molecule has 0 spiro atoms. The Bertz CT molecular complexity index is 350. The molecule has 0 aliphatic carbocycles. The molecule has 1 atom stereocenters. The summed E-state index contributed by atoms with van der Waals surface area (Å²) < 4.78 is 5.30. The molecule has 4 nitrogen and oxygen atoms in total. The fourth-order valence-electron chi connectivity index (χ4n) is 1.25. The van der Waals surface area contributed by atoms with Crippen molar-refractivity contribution >= 4 is 5.78 Å². The lowest BCUT2D eigenvalue weighted by Gasteiger charge is -2.08. The number of carbonyl (C=O) groups is 1. The molecule has 0 fully saturated rings. The van der Waals surface area contributed by atoms with Crippen LogP contribution in [-0.4, -0.2) is 30.1 Å². The number of nitrogens with two attached hydrogens (primary N) is 1. The van der Waals surface area contributed by atoms with Crippen molar-refractivity contribution in [3.63, 3.8) is 0 Å². The number of benzene rings is 1. The number of ether oxygens (including phenoxy) is 1. The van der Waals surface area contributed by atoms with Gasteiger partial charge in [-0.2, -0.15) is 0 Å². The van der Waals surface area contributed by atoms with Crippen LogP contribution >= 0.6 is 0 Å². The Kier molecular flexibility index (Phi) is 4.95. The van der Waals surface area contributed by atoms with Crippen molar-refractivity contribution in [2.24, 2.45) is 5.73 Å². The number of aliphatic hydroxyl groups excluding tert-OH is 1. The maximum absolute atomic E-state index is 11.6. The molecule has 0 aromatic heterocycles. The van der Waals surface area contributed by atoms with E-state index in [0.717, 1.165) is 0 Å². The van der Waals surface area contributed by atoms with Crippen molar-refractivity contribution in [3.05, 3.63) is 29.8 Å². The third-order valence-corrected chi connectivity index (χ3v) is 2.02. The summed E-state index contributed by atoms with van der Waals surface area (Å²) in [6.07, 6.45) is -0.191. The zero-order valence-corrected chi connectivity index (χ0v) is 9.35. The highest BCUT2D eigenvalue weighted by Crippen LogP contribution is 2.14. The number of ketones is 1. The monoisotopic (exact) mass is 223 g/mol. The average Bonchev–Trinajstić information content (AvgIpc) is 2.27. The van der Waals surface area contributed by atoms with Gasteiger partial charge < -0.3 is 15.6 Å². The SMILES string of the molecule is CC(O)COc1cccc(C(=O)CCN)c1. The van der Waals surface area contributed by atoms with Gasteiger partial charge in [-0.15, -0.1) is 0 Å². The second kappa shape index (κ2) is 6.25. The van der Waals surface area contributed by atoms with Gasteiger partial charge in [-0.3, -0.25) is 4.79 Å². The Morgan fingerprint density at radius 3 is 2.94 bits per heavy atom. The smallest absolute Gasteiger partial charge is 0.164 e. The fourth-order valence-corrected chi connectivity index (χ4v) is 1.25. The van der Waals surface area contributed by atoms with Crippen LogP contribution in [0.5, 0.6) is 5.75 Å². The van der Waals surface area contributed by atoms with Crippen molar-refractivity contribution in [1.82, 2.24) is 0 Å². The van der Waals surface area contributed by atoms with Crippen molar-refractivity contribution in [3.8, 4) is 5.75 Å². The van der Waals surface area contributed by atoms with Gasteiger partial charge in [0.15, 0.2) is 5.78 Å². The molecule has 0 aliphatic rings. The molecule has 88 valence electrons. The maximum atomic E-state index is 11.6. The van der Waals surface area contributed by atoms with Gasteiger partial charge in [0.2, 0.25) is 0 Å². The van der Waals surface area contributed by atoms with Gasteiger partial charge in [-0.05, 0) is 25.6 Å². The molecular formula is C12H17NO3. The van der Waals surface area contributed by atoms with Crippen molar-refractivity contribution in [2.75, 3.05) is 13.2 Å². The molecule has 16 heavy (non-hydrogen) atoms. The van der Waals surface area contributed by atoms with Gasteiger partial charge in [-0.1, -0.05) is 12.1 Å². The molecule has 1 unspecified atom stereocenters. The number of hydrogen-bond donors (Lipinski definition) is 2. The molecule has 3 N–H and O–H groups in total. The third-order valence-electron chi connectivity index (χ3n) is 2.02. The molecule has 0 saturated heterocycles. The van der Waals surface area contributed by atoms with Gasteiger partial charge in [0.1, 0.15) is 12.4 Å². The first-order chi connectivity index (χ1) is 7.63. The van der Waals surface area contributed by atoms with Crippen molar-refractivity contribution < 1.29 is 14.6 Å². The second-order valence-corrected chi connectivity index (χ2v) is 3.65. The van der Waals surface area contributed by atoms with Crippen LogP contribution in [0, 0.1) is 0 Å². The van der Waals surface area contributed by atoms with Gasteiger partial charge in [0, 0.05) is 12.0 Å². The second-order valence-electron chi connectivity index (χ2n) is 3.65. The quantitative estimate of drug-likeness (QED) is 0.705. The lowest BCUT2D eigenvalue weighted by molar-refractivity contribution is 0.0984. The Morgan fingerprint density at radius 2 is 2.31 bits per heavy atom. The Morgan fingerprint density at radius 1 is 1.56 bits per heavy atom. The summed E-state index contributed by atoms with van der Waals surface area (Å²) in [6.45, 7) is 2.20. The summed E-state index contributed by atoms with van der Waals surface area (Å²) in [5.41, 5.74) is 5.91. The summed E-state index contributed by atoms with van der Waals surface area (Å²) in [5.74, 6) is 0.591. The van der Waals surface area contributed by atoms with Crippen LogP contribution in [0.4, 0.5) is 0 Å². The number of rotatable bonds is 6. The van der Waals surface area contributed by atoms with Gasteiger partial charge >= 0.3 is 0 Å². The predicted octanol–water partition coefficient (Wildman–Crippen LogP) is 0.978. The molecule has 0 radical (unpaired) electrons. The zero-order chi connectivity index (χ0) is 12.0. The minimum Gasteiger partial charge on any atom is -0.491 e. The van der Waals surface area contributed by atoms with E-state index in [-0.39, 0.29) is 12.4 Å². The Hall–Kier alpha value is -1.39. The highest BCUT2D eigenvalue weighted by atomic mass is 16.5. The summed E-state index contributed by atoms with van der Waals surface area (Å²) >= 11 is 0. The molecule has 0 amide bonds. The van der Waals surface area contributed by atoms with Gasteiger partial charge in [0.25, 0.3) is 0 Å².